The Kier molecular flexibility index (Phi) is 9.84. The van der Waals surface area contributed by atoms with E-state index in [1.54, 1.807) is 48.5 Å². The van der Waals surface area contributed by atoms with Gasteiger partial charge in [-0.05, 0) is 35.1 Å². The highest BCUT2D eigenvalue weighted by molar-refractivity contribution is 5.76. The zero-order valence-corrected chi connectivity index (χ0v) is 22.5. The van der Waals surface area contributed by atoms with Crippen LogP contribution in [0.3, 0.4) is 0 Å². The monoisotopic (exact) mass is 536 g/mol. The molecule has 2 amide bonds. The molecule has 0 aliphatic rings. The molecule has 40 heavy (non-hydrogen) atoms. The maximum Gasteiger partial charge on any atom is 0.220 e. The Hall–Kier alpha value is -4.26. The van der Waals surface area contributed by atoms with Gasteiger partial charge in [0.25, 0.3) is 0 Å². The second kappa shape index (κ2) is 13.7. The molecule has 0 aromatic heterocycles. The molecule has 4 rings (SSSR count). The zero-order chi connectivity index (χ0) is 28.3. The van der Waals surface area contributed by atoms with Crippen molar-refractivity contribution in [2.45, 2.75) is 50.0 Å². The molecule has 0 unspecified atom stereocenters. The Morgan fingerprint density at radius 2 is 0.800 bits per heavy atom. The zero-order valence-electron chi connectivity index (χ0n) is 22.5. The molecular weight excluding hydrogens is 500 g/mol. The smallest absolute Gasteiger partial charge is 0.220 e. The maximum absolute atomic E-state index is 12.9. The van der Waals surface area contributed by atoms with E-state index in [-0.39, 0.29) is 37.5 Å². The van der Waals surface area contributed by atoms with Crippen LogP contribution in [-0.4, -0.2) is 22.0 Å². The minimum Gasteiger partial charge on any atom is -0.382 e. The van der Waals surface area contributed by atoms with Crippen molar-refractivity contribution in [3.8, 4) is 0 Å². The molecule has 0 aliphatic heterocycles. The van der Waals surface area contributed by atoms with Crippen LogP contribution in [0.1, 0.15) is 47.9 Å². The number of amides is 2. The van der Waals surface area contributed by atoms with Crippen molar-refractivity contribution >= 4 is 11.8 Å². The van der Waals surface area contributed by atoms with Gasteiger partial charge in [0.05, 0.1) is 0 Å². The third-order valence-corrected chi connectivity index (χ3v) is 7.28. The van der Waals surface area contributed by atoms with Gasteiger partial charge in [-0.2, -0.15) is 0 Å². The summed E-state index contributed by atoms with van der Waals surface area (Å²) in [6, 6.07) is 36.9. The summed E-state index contributed by atoms with van der Waals surface area (Å²) in [5.41, 5.74) is -0.810. The number of aliphatic hydroxyl groups is 2. The van der Waals surface area contributed by atoms with Crippen LogP contribution in [0.25, 0.3) is 0 Å². The van der Waals surface area contributed by atoms with Crippen LogP contribution >= 0.6 is 0 Å². The lowest BCUT2D eigenvalue weighted by Gasteiger charge is -2.44. The number of carbonyl (C=O) groups is 2. The molecule has 0 heterocycles. The van der Waals surface area contributed by atoms with Crippen molar-refractivity contribution < 1.29 is 19.8 Å². The van der Waals surface area contributed by atoms with Crippen molar-refractivity contribution in [3.05, 3.63) is 144 Å². The largest absolute Gasteiger partial charge is 0.382 e. The minimum atomic E-state index is -1.85. The van der Waals surface area contributed by atoms with Gasteiger partial charge < -0.3 is 20.8 Å². The van der Waals surface area contributed by atoms with E-state index >= 15 is 0 Å². The molecule has 6 nitrogen and oxygen atoms in total. The summed E-state index contributed by atoms with van der Waals surface area (Å²) >= 11 is 0. The Balaban J connectivity index is 1.55. The first kappa shape index (κ1) is 28.7. The summed E-state index contributed by atoms with van der Waals surface area (Å²) < 4.78 is 0. The van der Waals surface area contributed by atoms with E-state index in [0.717, 1.165) is 11.1 Å². The first-order valence-electron chi connectivity index (χ1n) is 13.6. The molecule has 0 saturated heterocycles. The summed E-state index contributed by atoms with van der Waals surface area (Å²) in [7, 11) is 0. The summed E-state index contributed by atoms with van der Waals surface area (Å²) in [6.07, 6.45) is -0.134. The second-order valence-electron chi connectivity index (χ2n) is 9.98. The SMILES string of the molecule is O=C(CC[C@@](O)(c1ccccc1)[C@](O)(CCC(=O)NCc1ccccc1)c1ccccc1)NCc1ccccc1. The molecular formula is C34H36N2O4. The lowest BCUT2D eigenvalue weighted by Crippen LogP contribution is -2.50. The van der Waals surface area contributed by atoms with Crippen molar-refractivity contribution in [2.75, 3.05) is 0 Å². The van der Waals surface area contributed by atoms with Crippen molar-refractivity contribution in [2.24, 2.45) is 0 Å². The van der Waals surface area contributed by atoms with Crippen LogP contribution in [0.4, 0.5) is 0 Å². The highest BCUT2D eigenvalue weighted by Gasteiger charge is 2.51. The Labute approximate surface area is 235 Å². The molecule has 6 heteroatoms. The molecule has 0 aliphatic carbocycles. The van der Waals surface area contributed by atoms with Crippen molar-refractivity contribution in [1.29, 1.82) is 0 Å². The number of hydrogen-bond acceptors (Lipinski definition) is 4. The molecule has 2 atom stereocenters. The lowest BCUT2D eigenvalue weighted by molar-refractivity contribution is -0.177. The fraction of sp³-hybridized carbons (Fsp3) is 0.235. The maximum atomic E-state index is 12.9. The molecule has 4 N–H and O–H groups in total. The molecule has 0 saturated carbocycles. The second-order valence-corrected chi connectivity index (χ2v) is 9.98. The van der Waals surface area contributed by atoms with Crippen LogP contribution < -0.4 is 10.6 Å². The number of nitrogens with one attached hydrogen (secondary N) is 2. The molecule has 0 spiro atoms. The van der Waals surface area contributed by atoms with Gasteiger partial charge in [0.1, 0.15) is 11.2 Å². The molecule has 0 radical (unpaired) electrons. The van der Waals surface area contributed by atoms with Crippen LogP contribution in [0.5, 0.6) is 0 Å². The van der Waals surface area contributed by atoms with E-state index in [9.17, 15) is 19.8 Å². The van der Waals surface area contributed by atoms with Gasteiger partial charge in [0.15, 0.2) is 0 Å². The van der Waals surface area contributed by atoms with Gasteiger partial charge in [-0.3, -0.25) is 9.59 Å². The van der Waals surface area contributed by atoms with Gasteiger partial charge in [-0.15, -0.1) is 0 Å². The Morgan fingerprint density at radius 3 is 1.12 bits per heavy atom. The molecule has 0 bridgehead atoms. The first-order chi connectivity index (χ1) is 19.4. The number of carbonyl (C=O) groups excluding carboxylic acids is 2. The lowest BCUT2D eigenvalue weighted by atomic mass is 9.68. The molecule has 206 valence electrons. The minimum absolute atomic E-state index is 0.0203. The highest BCUT2D eigenvalue weighted by atomic mass is 16.4. The van der Waals surface area contributed by atoms with E-state index in [4.69, 9.17) is 0 Å². The fourth-order valence-electron chi connectivity index (χ4n) is 4.97. The van der Waals surface area contributed by atoms with Crippen LogP contribution in [0, 0.1) is 0 Å². The van der Waals surface area contributed by atoms with Crippen LogP contribution in [0.15, 0.2) is 121 Å². The first-order valence-corrected chi connectivity index (χ1v) is 13.6. The molecule has 0 fully saturated rings. The van der Waals surface area contributed by atoms with Crippen LogP contribution in [-0.2, 0) is 33.9 Å². The van der Waals surface area contributed by atoms with Gasteiger partial charge in [-0.25, -0.2) is 0 Å². The molecule has 4 aromatic carbocycles. The summed E-state index contributed by atoms with van der Waals surface area (Å²) in [6.45, 7) is 0.738. The van der Waals surface area contributed by atoms with E-state index < -0.39 is 11.2 Å². The predicted molar refractivity (Wildman–Crippen MR) is 156 cm³/mol. The van der Waals surface area contributed by atoms with Crippen LogP contribution in [0.2, 0.25) is 0 Å². The average Bonchev–Trinajstić information content (AvgIpc) is 3.02. The number of benzene rings is 4. The van der Waals surface area contributed by atoms with E-state index in [2.05, 4.69) is 10.6 Å². The molecule has 4 aromatic rings. The Bertz CT molecular complexity index is 1240. The Morgan fingerprint density at radius 1 is 0.500 bits per heavy atom. The van der Waals surface area contributed by atoms with Crippen molar-refractivity contribution in [1.82, 2.24) is 10.6 Å². The average molecular weight is 537 g/mol. The number of hydrogen-bond donors (Lipinski definition) is 4. The summed E-state index contributed by atoms with van der Waals surface area (Å²) in [4.78, 5) is 25.8. The predicted octanol–water partition coefficient (Wildman–Crippen LogP) is 4.96. The third kappa shape index (κ3) is 7.23. The van der Waals surface area contributed by atoms with Gasteiger partial charge >= 0.3 is 0 Å². The number of rotatable bonds is 13. The summed E-state index contributed by atoms with van der Waals surface area (Å²) in [5, 5.41) is 30.5. The third-order valence-electron chi connectivity index (χ3n) is 7.28. The topological polar surface area (TPSA) is 98.7 Å². The van der Waals surface area contributed by atoms with Gasteiger partial charge in [0, 0.05) is 25.9 Å². The normalized spacial score (nSPS) is 13.9. The van der Waals surface area contributed by atoms with Gasteiger partial charge in [-0.1, -0.05) is 121 Å². The van der Waals surface area contributed by atoms with E-state index in [1.807, 2.05) is 72.8 Å². The highest BCUT2D eigenvalue weighted by Crippen LogP contribution is 2.46. The standard InChI is InChI=1S/C34H36N2O4/c37-31(35-25-27-13-5-1-6-14-27)21-23-33(39,29-17-9-3-10-18-29)34(40,30-19-11-4-12-20-30)24-22-32(38)36-26-28-15-7-2-8-16-28/h1-20,39-40H,21-26H2,(H,35,37)(H,36,38)/t33-,34+. The quantitative estimate of drug-likeness (QED) is 0.194. The summed E-state index contributed by atoms with van der Waals surface area (Å²) in [5.74, 6) is -0.483. The fourth-order valence-corrected chi connectivity index (χ4v) is 4.97. The van der Waals surface area contributed by atoms with Gasteiger partial charge in [0.2, 0.25) is 11.8 Å². The van der Waals surface area contributed by atoms with Crippen molar-refractivity contribution in [3.63, 3.8) is 0 Å². The van der Waals surface area contributed by atoms with E-state index in [0.29, 0.717) is 24.2 Å². The van der Waals surface area contributed by atoms with E-state index in [1.165, 1.54) is 0 Å².